The molecule has 0 saturated carbocycles. The number of nitrogen functional groups attached to an aromatic ring is 1. The minimum absolute atomic E-state index is 0.0682. The molecule has 0 fully saturated rings. The van der Waals surface area contributed by atoms with Crippen molar-refractivity contribution in [3.63, 3.8) is 0 Å². The van der Waals surface area contributed by atoms with Gasteiger partial charge < -0.3 is 10.5 Å². The van der Waals surface area contributed by atoms with E-state index in [0.717, 1.165) is 0 Å². The number of nitrogens with two attached hydrogens (primary N) is 1. The molecular formula is C11H9ClN4O3. The minimum atomic E-state index is -0.538. The van der Waals surface area contributed by atoms with Gasteiger partial charge in [0.25, 0.3) is 5.69 Å². The summed E-state index contributed by atoms with van der Waals surface area (Å²) in [6, 6.07) is 3.90. The van der Waals surface area contributed by atoms with E-state index in [9.17, 15) is 10.1 Å². The Kier molecular flexibility index (Phi) is 3.48. The number of hydrogen-bond donors (Lipinski definition) is 1. The van der Waals surface area contributed by atoms with E-state index in [1.165, 1.54) is 24.4 Å². The van der Waals surface area contributed by atoms with E-state index in [4.69, 9.17) is 22.1 Å². The van der Waals surface area contributed by atoms with Crippen LogP contribution < -0.4 is 10.5 Å². The van der Waals surface area contributed by atoms with Gasteiger partial charge in [0.15, 0.2) is 0 Å². The molecule has 98 valence electrons. The molecule has 8 heteroatoms. The average Bonchev–Trinajstić information content (AvgIpc) is 2.36. The Bertz CT molecular complexity index is 648. The van der Waals surface area contributed by atoms with Crippen molar-refractivity contribution in [1.82, 2.24) is 9.97 Å². The quantitative estimate of drug-likeness (QED) is 0.684. The van der Waals surface area contributed by atoms with Gasteiger partial charge in [0.1, 0.15) is 5.75 Å². The summed E-state index contributed by atoms with van der Waals surface area (Å²) >= 11 is 5.91. The molecule has 0 bridgehead atoms. The highest BCUT2D eigenvalue weighted by Gasteiger charge is 2.12. The fraction of sp³-hybridized carbons (Fsp3) is 0.0909. The van der Waals surface area contributed by atoms with E-state index in [-0.39, 0.29) is 28.3 Å². The van der Waals surface area contributed by atoms with Gasteiger partial charge in [-0.05, 0) is 13.0 Å². The largest absolute Gasteiger partial charge is 0.437 e. The van der Waals surface area contributed by atoms with Crippen molar-refractivity contribution in [3.8, 4) is 11.6 Å². The number of rotatable bonds is 3. The smallest absolute Gasteiger partial charge is 0.271 e. The number of aryl methyl sites for hydroxylation is 1. The predicted octanol–water partition coefficient (Wildman–Crippen LogP) is 2.72. The number of aromatic nitrogens is 2. The Morgan fingerprint density at radius 2 is 2.21 bits per heavy atom. The lowest BCUT2D eigenvalue weighted by Gasteiger charge is -2.08. The standard InChI is InChI=1S/C11H9ClN4O3/c1-6-5-14-11(13)15-10(6)19-9-3-2-7(16(17)18)4-8(9)12/h2-5H,1H3,(H2,13,14,15). The molecule has 0 atom stereocenters. The maximum absolute atomic E-state index is 10.6. The van der Waals surface area contributed by atoms with Crippen molar-refractivity contribution >= 4 is 23.2 Å². The summed E-state index contributed by atoms with van der Waals surface area (Å²) in [7, 11) is 0. The number of nitro benzene ring substituents is 1. The highest BCUT2D eigenvalue weighted by atomic mass is 35.5. The summed E-state index contributed by atoms with van der Waals surface area (Å²) in [6.45, 7) is 1.74. The zero-order valence-corrected chi connectivity index (χ0v) is 10.6. The Hall–Kier alpha value is -2.41. The summed E-state index contributed by atoms with van der Waals surface area (Å²) in [4.78, 5) is 17.8. The zero-order chi connectivity index (χ0) is 14.0. The normalized spacial score (nSPS) is 10.2. The molecule has 0 aliphatic heterocycles. The number of nitrogens with zero attached hydrogens (tertiary/aromatic N) is 3. The molecule has 0 unspecified atom stereocenters. The van der Waals surface area contributed by atoms with E-state index in [0.29, 0.717) is 5.56 Å². The number of non-ortho nitro benzene ring substituents is 1. The highest BCUT2D eigenvalue weighted by molar-refractivity contribution is 6.32. The first-order valence-electron chi connectivity index (χ1n) is 5.18. The van der Waals surface area contributed by atoms with E-state index in [1.54, 1.807) is 6.92 Å². The van der Waals surface area contributed by atoms with E-state index in [1.807, 2.05) is 0 Å². The molecule has 0 saturated heterocycles. The van der Waals surface area contributed by atoms with Gasteiger partial charge in [-0.3, -0.25) is 10.1 Å². The molecule has 0 aliphatic rings. The summed E-state index contributed by atoms with van der Waals surface area (Å²) in [5.41, 5.74) is 6.01. The first-order valence-corrected chi connectivity index (χ1v) is 5.56. The summed E-state index contributed by atoms with van der Waals surface area (Å²) < 4.78 is 5.47. The van der Waals surface area contributed by atoms with Gasteiger partial charge in [0.05, 0.1) is 9.95 Å². The first-order chi connectivity index (χ1) is 8.97. The van der Waals surface area contributed by atoms with Crippen molar-refractivity contribution in [2.75, 3.05) is 5.73 Å². The van der Waals surface area contributed by atoms with Crippen LogP contribution in [0.2, 0.25) is 5.02 Å². The maximum atomic E-state index is 10.6. The fourth-order valence-corrected chi connectivity index (χ4v) is 1.55. The van der Waals surface area contributed by atoms with Gasteiger partial charge in [0, 0.05) is 23.9 Å². The van der Waals surface area contributed by atoms with Crippen molar-refractivity contribution in [1.29, 1.82) is 0 Å². The Labute approximate surface area is 113 Å². The fourth-order valence-electron chi connectivity index (χ4n) is 1.33. The number of anilines is 1. The Morgan fingerprint density at radius 1 is 1.47 bits per heavy atom. The lowest BCUT2D eigenvalue weighted by molar-refractivity contribution is -0.384. The predicted molar refractivity (Wildman–Crippen MR) is 69.4 cm³/mol. The Balaban J connectivity index is 2.33. The van der Waals surface area contributed by atoms with Crippen LogP contribution in [0.5, 0.6) is 11.6 Å². The van der Waals surface area contributed by atoms with Gasteiger partial charge in [-0.15, -0.1) is 0 Å². The Morgan fingerprint density at radius 3 is 2.84 bits per heavy atom. The van der Waals surface area contributed by atoms with Crippen LogP contribution in [0.4, 0.5) is 11.6 Å². The second kappa shape index (κ2) is 5.07. The van der Waals surface area contributed by atoms with E-state index < -0.39 is 4.92 Å². The summed E-state index contributed by atoms with van der Waals surface area (Å²) in [6.07, 6.45) is 1.51. The number of benzene rings is 1. The number of ether oxygens (including phenoxy) is 1. The molecule has 0 radical (unpaired) electrons. The molecule has 2 aromatic rings. The molecule has 0 aliphatic carbocycles. The van der Waals surface area contributed by atoms with Crippen LogP contribution in [0.1, 0.15) is 5.56 Å². The number of nitro groups is 1. The van der Waals surface area contributed by atoms with Crippen LogP contribution in [-0.2, 0) is 0 Å². The third kappa shape index (κ3) is 2.89. The van der Waals surface area contributed by atoms with Crippen molar-refractivity contribution < 1.29 is 9.66 Å². The molecule has 2 N–H and O–H groups in total. The third-order valence-corrected chi connectivity index (χ3v) is 2.57. The first kappa shape index (κ1) is 13.0. The van der Waals surface area contributed by atoms with Gasteiger partial charge in [0.2, 0.25) is 11.8 Å². The lowest BCUT2D eigenvalue weighted by atomic mass is 10.3. The lowest BCUT2D eigenvalue weighted by Crippen LogP contribution is -1.99. The molecule has 19 heavy (non-hydrogen) atoms. The van der Waals surface area contributed by atoms with E-state index in [2.05, 4.69) is 9.97 Å². The van der Waals surface area contributed by atoms with Gasteiger partial charge in [-0.2, -0.15) is 4.98 Å². The highest BCUT2D eigenvalue weighted by Crippen LogP contribution is 2.32. The van der Waals surface area contributed by atoms with Crippen LogP contribution >= 0.6 is 11.6 Å². The zero-order valence-electron chi connectivity index (χ0n) is 9.83. The van der Waals surface area contributed by atoms with Crippen molar-refractivity contribution in [2.24, 2.45) is 0 Å². The van der Waals surface area contributed by atoms with Crippen LogP contribution in [0.15, 0.2) is 24.4 Å². The second-order valence-corrected chi connectivity index (χ2v) is 4.10. The molecule has 7 nitrogen and oxygen atoms in total. The van der Waals surface area contributed by atoms with Crippen molar-refractivity contribution in [2.45, 2.75) is 6.92 Å². The van der Waals surface area contributed by atoms with Gasteiger partial charge >= 0.3 is 0 Å². The molecular weight excluding hydrogens is 272 g/mol. The van der Waals surface area contributed by atoms with Crippen LogP contribution in [0.25, 0.3) is 0 Å². The molecule has 1 heterocycles. The van der Waals surface area contributed by atoms with Gasteiger partial charge in [-0.25, -0.2) is 4.98 Å². The van der Waals surface area contributed by atoms with Crippen molar-refractivity contribution in [3.05, 3.63) is 45.1 Å². The van der Waals surface area contributed by atoms with E-state index >= 15 is 0 Å². The summed E-state index contributed by atoms with van der Waals surface area (Å²) in [5, 5.41) is 10.7. The molecule has 2 rings (SSSR count). The third-order valence-electron chi connectivity index (χ3n) is 2.28. The molecule has 1 aromatic carbocycles. The maximum Gasteiger partial charge on any atom is 0.271 e. The topological polar surface area (TPSA) is 104 Å². The average molecular weight is 281 g/mol. The van der Waals surface area contributed by atoms with Crippen LogP contribution in [-0.4, -0.2) is 14.9 Å². The van der Waals surface area contributed by atoms with Crippen LogP contribution in [0.3, 0.4) is 0 Å². The monoisotopic (exact) mass is 280 g/mol. The molecule has 0 spiro atoms. The molecule has 1 aromatic heterocycles. The summed E-state index contributed by atoms with van der Waals surface area (Å²) in [5.74, 6) is 0.579. The number of hydrogen-bond acceptors (Lipinski definition) is 6. The molecule has 0 amide bonds. The van der Waals surface area contributed by atoms with Crippen LogP contribution in [0, 0.1) is 17.0 Å². The second-order valence-electron chi connectivity index (χ2n) is 3.69. The SMILES string of the molecule is Cc1cnc(N)nc1Oc1ccc([N+](=O)[O-])cc1Cl. The number of halogens is 1. The minimum Gasteiger partial charge on any atom is -0.437 e. The van der Waals surface area contributed by atoms with Gasteiger partial charge in [-0.1, -0.05) is 11.6 Å².